The van der Waals surface area contributed by atoms with Gasteiger partial charge in [-0.05, 0) is 24.1 Å². The molecule has 2 atom stereocenters. The zero-order valence-electron chi connectivity index (χ0n) is 8.14. The molecule has 82 valence electrons. The van der Waals surface area contributed by atoms with Crippen LogP contribution in [0.4, 0.5) is 4.39 Å². The highest BCUT2D eigenvalue weighted by molar-refractivity contribution is 5.74. The van der Waals surface area contributed by atoms with Crippen LogP contribution in [0.15, 0.2) is 18.2 Å². The monoisotopic (exact) mass is 213 g/mol. The van der Waals surface area contributed by atoms with Gasteiger partial charge in [0.15, 0.2) is 0 Å². The van der Waals surface area contributed by atoms with Crippen molar-refractivity contribution in [3.8, 4) is 0 Å². The van der Waals surface area contributed by atoms with E-state index in [0.29, 0.717) is 5.56 Å². The maximum Gasteiger partial charge on any atom is 0.323 e. The van der Waals surface area contributed by atoms with E-state index >= 15 is 0 Å². The first-order valence-corrected chi connectivity index (χ1v) is 4.36. The molecule has 15 heavy (non-hydrogen) atoms. The van der Waals surface area contributed by atoms with E-state index in [9.17, 15) is 14.3 Å². The highest BCUT2D eigenvalue weighted by Gasteiger charge is 2.23. The second-order valence-corrected chi connectivity index (χ2v) is 3.32. The van der Waals surface area contributed by atoms with E-state index < -0.39 is 23.9 Å². The molecule has 1 aromatic rings. The van der Waals surface area contributed by atoms with Crippen molar-refractivity contribution in [2.75, 3.05) is 0 Å². The fraction of sp³-hybridized carbons (Fsp3) is 0.300. The summed E-state index contributed by atoms with van der Waals surface area (Å²) in [6.45, 7) is 1.57. The molecule has 0 bridgehead atoms. The molecular weight excluding hydrogens is 201 g/mol. The number of aliphatic hydroxyl groups excluding tert-OH is 1. The molecule has 5 heteroatoms. The van der Waals surface area contributed by atoms with E-state index in [1.807, 2.05) is 0 Å². The Morgan fingerprint density at radius 1 is 1.53 bits per heavy atom. The van der Waals surface area contributed by atoms with Crippen molar-refractivity contribution in [2.45, 2.75) is 19.1 Å². The first-order valence-electron chi connectivity index (χ1n) is 4.36. The summed E-state index contributed by atoms with van der Waals surface area (Å²) >= 11 is 0. The Balaban J connectivity index is 2.96. The van der Waals surface area contributed by atoms with Crippen LogP contribution in [-0.4, -0.2) is 22.2 Å². The number of rotatable bonds is 3. The topological polar surface area (TPSA) is 83.5 Å². The molecule has 0 radical (unpaired) electrons. The van der Waals surface area contributed by atoms with Gasteiger partial charge in [-0.15, -0.1) is 0 Å². The van der Waals surface area contributed by atoms with Crippen molar-refractivity contribution in [3.05, 3.63) is 35.1 Å². The molecule has 0 aliphatic rings. The standard InChI is InChI=1S/C10H12FNO3/c1-5-2-3-6(4-7(5)11)9(13)8(12)10(14)15/h2-4,8-9,13H,12H2,1H3,(H,14,15). The minimum absolute atomic E-state index is 0.160. The van der Waals surface area contributed by atoms with Gasteiger partial charge in [-0.3, -0.25) is 4.79 Å². The number of aryl methyl sites for hydroxylation is 1. The van der Waals surface area contributed by atoms with E-state index in [1.54, 1.807) is 6.92 Å². The van der Waals surface area contributed by atoms with Crippen molar-refractivity contribution in [2.24, 2.45) is 5.73 Å². The Morgan fingerprint density at radius 2 is 2.13 bits per heavy atom. The Kier molecular flexibility index (Phi) is 3.39. The van der Waals surface area contributed by atoms with E-state index in [4.69, 9.17) is 10.8 Å². The SMILES string of the molecule is Cc1ccc(C(O)C(N)C(=O)O)cc1F. The Hall–Kier alpha value is -1.46. The summed E-state index contributed by atoms with van der Waals surface area (Å²) in [7, 11) is 0. The zero-order valence-corrected chi connectivity index (χ0v) is 8.14. The quantitative estimate of drug-likeness (QED) is 0.685. The van der Waals surface area contributed by atoms with Crippen LogP contribution in [0.5, 0.6) is 0 Å². The molecule has 2 unspecified atom stereocenters. The summed E-state index contributed by atoms with van der Waals surface area (Å²) < 4.78 is 13.1. The van der Waals surface area contributed by atoms with E-state index in [0.717, 1.165) is 6.07 Å². The summed E-state index contributed by atoms with van der Waals surface area (Å²) in [4.78, 5) is 10.5. The molecular formula is C10H12FNO3. The van der Waals surface area contributed by atoms with E-state index in [1.165, 1.54) is 12.1 Å². The number of carboxylic acid groups (broad SMARTS) is 1. The number of carbonyl (C=O) groups is 1. The number of halogens is 1. The maximum absolute atomic E-state index is 13.1. The molecule has 0 aliphatic heterocycles. The minimum atomic E-state index is -1.45. The molecule has 0 aliphatic carbocycles. The Bertz CT molecular complexity index is 381. The lowest BCUT2D eigenvalue weighted by Gasteiger charge is -2.15. The number of aliphatic hydroxyl groups is 1. The van der Waals surface area contributed by atoms with Gasteiger partial charge < -0.3 is 15.9 Å². The van der Waals surface area contributed by atoms with Crippen molar-refractivity contribution < 1.29 is 19.4 Å². The highest BCUT2D eigenvalue weighted by Crippen LogP contribution is 2.18. The largest absolute Gasteiger partial charge is 0.480 e. The minimum Gasteiger partial charge on any atom is -0.480 e. The molecule has 4 N–H and O–H groups in total. The first kappa shape index (κ1) is 11.6. The third-order valence-electron chi connectivity index (χ3n) is 2.16. The normalized spacial score (nSPS) is 14.7. The van der Waals surface area contributed by atoms with Gasteiger partial charge in [-0.2, -0.15) is 0 Å². The lowest BCUT2D eigenvalue weighted by molar-refractivity contribution is -0.141. The van der Waals surface area contributed by atoms with Gasteiger partial charge in [0.05, 0.1) is 0 Å². The average Bonchev–Trinajstić information content (AvgIpc) is 2.19. The van der Waals surface area contributed by atoms with E-state index in [2.05, 4.69) is 0 Å². The van der Waals surface area contributed by atoms with Gasteiger partial charge in [-0.25, -0.2) is 4.39 Å². The fourth-order valence-electron chi connectivity index (χ4n) is 1.14. The molecule has 0 fully saturated rings. The maximum atomic E-state index is 13.1. The summed E-state index contributed by atoms with van der Waals surface area (Å²) in [5.41, 5.74) is 5.79. The van der Waals surface area contributed by atoms with Crippen molar-refractivity contribution in [1.82, 2.24) is 0 Å². The molecule has 1 rings (SSSR count). The molecule has 0 amide bonds. The average molecular weight is 213 g/mol. The number of carboxylic acids is 1. The molecule has 0 saturated heterocycles. The third kappa shape index (κ3) is 2.51. The van der Waals surface area contributed by atoms with Crippen LogP contribution in [-0.2, 0) is 4.79 Å². The van der Waals surface area contributed by atoms with Crippen LogP contribution in [0.1, 0.15) is 17.2 Å². The Morgan fingerprint density at radius 3 is 2.60 bits per heavy atom. The summed E-state index contributed by atoms with van der Waals surface area (Å²) in [6, 6.07) is 2.55. The van der Waals surface area contributed by atoms with Crippen LogP contribution in [0, 0.1) is 12.7 Å². The zero-order chi connectivity index (χ0) is 11.6. The molecule has 0 spiro atoms. The van der Waals surface area contributed by atoms with Gasteiger partial charge in [0.25, 0.3) is 0 Å². The van der Waals surface area contributed by atoms with Crippen LogP contribution in [0.2, 0.25) is 0 Å². The highest BCUT2D eigenvalue weighted by atomic mass is 19.1. The Labute approximate surface area is 86.1 Å². The van der Waals surface area contributed by atoms with Crippen LogP contribution >= 0.6 is 0 Å². The van der Waals surface area contributed by atoms with Gasteiger partial charge in [0, 0.05) is 0 Å². The van der Waals surface area contributed by atoms with Gasteiger partial charge in [-0.1, -0.05) is 12.1 Å². The van der Waals surface area contributed by atoms with Crippen LogP contribution in [0.3, 0.4) is 0 Å². The first-order chi connectivity index (χ1) is 6.93. The molecule has 0 aromatic heterocycles. The predicted octanol–water partition coefficient (Wildman–Crippen LogP) is 0.579. The second-order valence-electron chi connectivity index (χ2n) is 3.32. The van der Waals surface area contributed by atoms with Crippen molar-refractivity contribution in [1.29, 1.82) is 0 Å². The fourth-order valence-corrected chi connectivity index (χ4v) is 1.14. The van der Waals surface area contributed by atoms with Gasteiger partial charge in [0.2, 0.25) is 0 Å². The lowest BCUT2D eigenvalue weighted by atomic mass is 10.0. The summed E-state index contributed by atoms with van der Waals surface area (Å²) in [5, 5.41) is 18.1. The summed E-state index contributed by atoms with van der Waals surface area (Å²) in [6.07, 6.45) is -1.40. The molecule has 4 nitrogen and oxygen atoms in total. The third-order valence-corrected chi connectivity index (χ3v) is 2.16. The van der Waals surface area contributed by atoms with Crippen LogP contribution < -0.4 is 5.73 Å². The molecule has 0 saturated carbocycles. The number of benzene rings is 1. The molecule has 0 heterocycles. The van der Waals surface area contributed by atoms with Gasteiger partial charge >= 0.3 is 5.97 Å². The summed E-state index contributed by atoms with van der Waals surface area (Å²) in [5.74, 6) is -1.83. The number of hydrogen-bond donors (Lipinski definition) is 3. The number of nitrogens with two attached hydrogens (primary N) is 1. The van der Waals surface area contributed by atoms with Gasteiger partial charge in [0.1, 0.15) is 18.0 Å². The van der Waals surface area contributed by atoms with Crippen LogP contribution in [0.25, 0.3) is 0 Å². The van der Waals surface area contributed by atoms with E-state index in [-0.39, 0.29) is 5.56 Å². The van der Waals surface area contributed by atoms with Crippen molar-refractivity contribution in [3.63, 3.8) is 0 Å². The molecule has 1 aromatic carbocycles. The van der Waals surface area contributed by atoms with Crippen molar-refractivity contribution >= 4 is 5.97 Å². The second kappa shape index (κ2) is 4.37. The number of hydrogen-bond acceptors (Lipinski definition) is 3. The number of aliphatic carboxylic acids is 1. The smallest absolute Gasteiger partial charge is 0.323 e. The predicted molar refractivity (Wildman–Crippen MR) is 51.7 cm³/mol. The lowest BCUT2D eigenvalue weighted by Crippen LogP contribution is -2.36.